The van der Waals surface area contributed by atoms with Gasteiger partial charge in [0, 0.05) is 31.3 Å². The third-order valence-corrected chi connectivity index (χ3v) is 5.89. The van der Waals surface area contributed by atoms with Crippen molar-refractivity contribution in [1.82, 2.24) is 29.6 Å². The van der Waals surface area contributed by atoms with Crippen molar-refractivity contribution in [3.63, 3.8) is 0 Å². The fourth-order valence-electron chi connectivity index (χ4n) is 4.50. The quantitative estimate of drug-likeness (QED) is 0.689. The number of fused-ring (bicyclic) bond motifs is 3. The van der Waals surface area contributed by atoms with Crippen LogP contribution in [0.25, 0.3) is 11.4 Å². The van der Waals surface area contributed by atoms with Crippen LogP contribution in [-0.2, 0) is 6.42 Å². The number of carbonyl (C=O) groups excluding carboxylic acids is 1. The predicted molar refractivity (Wildman–Crippen MR) is 104 cm³/mol. The molecule has 2 aliphatic rings. The molecule has 0 aliphatic carbocycles. The third-order valence-electron chi connectivity index (χ3n) is 5.89. The monoisotopic (exact) mass is 374 g/mol. The number of hydrogen-bond acceptors (Lipinski definition) is 5. The first-order valence-electron chi connectivity index (χ1n) is 9.70. The van der Waals surface area contributed by atoms with Crippen LogP contribution in [0.1, 0.15) is 40.2 Å². The van der Waals surface area contributed by atoms with Crippen molar-refractivity contribution < 1.29 is 4.79 Å². The van der Waals surface area contributed by atoms with Gasteiger partial charge in [-0.3, -0.25) is 4.79 Å². The summed E-state index contributed by atoms with van der Waals surface area (Å²) in [5.74, 6) is 3.04. The Labute approximate surface area is 163 Å². The van der Waals surface area contributed by atoms with E-state index in [0.717, 1.165) is 42.3 Å². The molecule has 28 heavy (non-hydrogen) atoms. The molecule has 142 valence electrons. The Bertz CT molecular complexity index is 1040. The Morgan fingerprint density at radius 2 is 1.93 bits per heavy atom. The maximum absolute atomic E-state index is 13.1. The Balaban J connectivity index is 1.47. The largest absolute Gasteiger partial charge is 0.336 e. The first-order valence-corrected chi connectivity index (χ1v) is 9.70. The summed E-state index contributed by atoms with van der Waals surface area (Å²) in [4.78, 5) is 23.7. The summed E-state index contributed by atoms with van der Waals surface area (Å²) in [6.45, 7) is 5.13. The van der Waals surface area contributed by atoms with Gasteiger partial charge in [0.25, 0.3) is 5.91 Å². The number of carbonyl (C=O) groups is 1. The molecule has 2 aliphatic heterocycles. The molecule has 0 radical (unpaired) electrons. The van der Waals surface area contributed by atoms with Crippen molar-refractivity contribution in [1.29, 1.82) is 0 Å². The lowest BCUT2D eigenvalue weighted by Crippen LogP contribution is -2.30. The molecule has 1 aromatic carbocycles. The Morgan fingerprint density at radius 3 is 2.71 bits per heavy atom. The summed E-state index contributed by atoms with van der Waals surface area (Å²) >= 11 is 0. The van der Waals surface area contributed by atoms with Crippen molar-refractivity contribution >= 4 is 5.91 Å². The number of likely N-dealkylation sites (tertiary alicyclic amines) is 1. The minimum absolute atomic E-state index is 0.0165. The van der Waals surface area contributed by atoms with Crippen LogP contribution >= 0.6 is 0 Å². The predicted octanol–water partition coefficient (Wildman–Crippen LogP) is 2.61. The summed E-state index contributed by atoms with van der Waals surface area (Å²) in [6, 6.07) is 10.4. The highest BCUT2D eigenvalue weighted by Crippen LogP contribution is 2.39. The number of hydrogen-bond donors (Lipinski definition) is 0. The maximum atomic E-state index is 13.1. The van der Waals surface area contributed by atoms with E-state index in [0.29, 0.717) is 23.9 Å². The normalized spacial score (nSPS) is 20.7. The molecule has 2 atom stereocenters. The lowest BCUT2D eigenvalue weighted by Gasteiger charge is -2.27. The van der Waals surface area contributed by atoms with E-state index in [9.17, 15) is 4.79 Å². The molecule has 3 aromatic rings. The van der Waals surface area contributed by atoms with Crippen LogP contribution in [0.15, 0.2) is 36.5 Å². The lowest BCUT2D eigenvalue weighted by molar-refractivity contribution is 0.0782. The molecule has 5 rings (SSSR count). The van der Waals surface area contributed by atoms with E-state index in [1.807, 2.05) is 36.9 Å². The van der Waals surface area contributed by atoms with E-state index >= 15 is 0 Å². The van der Waals surface area contributed by atoms with E-state index in [-0.39, 0.29) is 11.9 Å². The molecule has 0 spiro atoms. The number of amides is 1. The first kappa shape index (κ1) is 17.0. The minimum atomic E-state index is 0.0165. The number of nitrogens with zero attached hydrogens (tertiary/aromatic N) is 6. The molecule has 0 saturated carbocycles. The fourth-order valence-corrected chi connectivity index (χ4v) is 4.50. The summed E-state index contributed by atoms with van der Waals surface area (Å²) in [5.41, 5.74) is 2.40. The standard InChI is InChI=1S/C21H22N6O/c1-13-17(10-22-14(2)23-13)21(28)26-11-16-8-9-19-24-25-20(27(19)18(16)12-26)15-6-4-3-5-7-15/h3-7,10,16,18H,8-9,11-12H2,1-2H3/t16-,18+/m1/s1. The Hall–Kier alpha value is -3.09. The number of benzene rings is 1. The number of rotatable bonds is 2. The maximum Gasteiger partial charge on any atom is 0.257 e. The van der Waals surface area contributed by atoms with E-state index in [4.69, 9.17) is 0 Å². The smallest absolute Gasteiger partial charge is 0.257 e. The zero-order valence-corrected chi connectivity index (χ0v) is 16.0. The Morgan fingerprint density at radius 1 is 1.11 bits per heavy atom. The minimum Gasteiger partial charge on any atom is -0.336 e. The van der Waals surface area contributed by atoms with Crippen molar-refractivity contribution in [2.75, 3.05) is 13.1 Å². The van der Waals surface area contributed by atoms with Gasteiger partial charge in [-0.1, -0.05) is 30.3 Å². The van der Waals surface area contributed by atoms with Gasteiger partial charge in [0.15, 0.2) is 5.82 Å². The molecule has 2 aromatic heterocycles. The van der Waals surface area contributed by atoms with Gasteiger partial charge in [-0.2, -0.15) is 0 Å². The van der Waals surface area contributed by atoms with Crippen LogP contribution in [0.2, 0.25) is 0 Å². The molecule has 1 amide bonds. The van der Waals surface area contributed by atoms with Gasteiger partial charge in [0.1, 0.15) is 11.6 Å². The molecule has 1 saturated heterocycles. The van der Waals surface area contributed by atoms with E-state index in [1.54, 1.807) is 6.20 Å². The third kappa shape index (κ3) is 2.69. The van der Waals surface area contributed by atoms with Gasteiger partial charge in [-0.15, -0.1) is 10.2 Å². The second-order valence-electron chi connectivity index (χ2n) is 7.67. The van der Waals surface area contributed by atoms with Crippen LogP contribution in [0, 0.1) is 19.8 Å². The average Bonchev–Trinajstić information content (AvgIpc) is 3.32. The summed E-state index contributed by atoms with van der Waals surface area (Å²) in [6.07, 6.45) is 3.59. The molecule has 7 nitrogen and oxygen atoms in total. The molecule has 4 heterocycles. The van der Waals surface area contributed by atoms with E-state index in [2.05, 4.69) is 36.9 Å². The molecule has 1 fully saturated rings. The fraction of sp³-hybridized carbons (Fsp3) is 0.381. The highest BCUT2D eigenvalue weighted by molar-refractivity contribution is 5.95. The first-order chi connectivity index (χ1) is 13.6. The van der Waals surface area contributed by atoms with Gasteiger partial charge in [-0.05, 0) is 26.2 Å². The Kier molecular flexibility index (Phi) is 3.96. The van der Waals surface area contributed by atoms with E-state index in [1.165, 1.54) is 0 Å². The summed E-state index contributed by atoms with van der Waals surface area (Å²) < 4.78 is 2.26. The number of aryl methyl sites for hydroxylation is 3. The van der Waals surface area contributed by atoms with Crippen LogP contribution < -0.4 is 0 Å². The van der Waals surface area contributed by atoms with Crippen molar-refractivity contribution in [3.8, 4) is 11.4 Å². The molecular formula is C21H22N6O. The lowest BCUT2D eigenvalue weighted by atomic mass is 9.93. The summed E-state index contributed by atoms with van der Waals surface area (Å²) in [7, 11) is 0. The van der Waals surface area contributed by atoms with Crippen molar-refractivity contribution in [3.05, 3.63) is 59.4 Å². The second kappa shape index (κ2) is 6.51. The highest BCUT2D eigenvalue weighted by atomic mass is 16.2. The van der Waals surface area contributed by atoms with Crippen molar-refractivity contribution in [2.45, 2.75) is 32.7 Å². The average molecular weight is 374 g/mol. The van der Waals surface area contributed by atoms with Crippen LogP contribution in [-0.4, -0.2) is 48.6 Å². The zero-order valence-electron chi connectivity index (χ0n) is 16.0. The molecular weight excluding hydrogens is 352 g/mol. The van der Waals surface area contributed by atoms with E-state index < -0.39 is 0 Å². The zero-order chi connectivity index (χ0) is 19.3. The summed E-state index contributed by atoms with van der Waals surface area (Å²) in [5, 5.41) is 8.90. The molecule has 0 unspecified atom stereocenters. The van der Waals surface area contributed by atoms with Crippen molar-refractivity contribution in [2.24, 2.45) is 5.92 Å². The van der Waals surface area contributed by atoms with Gasteiger partial charge in [0.2, 0.25) is 0 Å². The molecule has 0 bridgehead atoms. The van der Waals surface area contributed by atoms with Crippen LogP contribution in [0.5, 0.6) is 0 Å². The SMILES string of the molecule is Cc1ncc(C(=O)N2C[C@H]3CCc4nnc(-c5ccccc5)n4[C@H]3C2)c(C)n1. The highest BCUT2D eigenvalue weighted by Gasteiger charge is 2.41. The van der Waals surface area contributed by atoms with Gasteiger partial charge >= 0.3 is 0 Å². The molecule has 7 heteroatoms. The number of aromatic nitrogens is 5. The van der Waals surface area contributed by atoms with Gasteiger partial charge in [0.05, 0.1) is 17.3 Å². The second-order valence-corrected chi connectivity index (χ2v) is 7.67. The van der Waals surface area contributed by atoms with Gasteiger partial charge in [-0.25, -0.2) is 9.97 Å². The molecule has 0 N–H and O–H groups in total. The van der Waals surface area contributed by atoms with Crippen LogP contribution in [0.3, 0.4) is 0 Å². The van der Waals surface area contributed by atoms with Crippen LogP contribution in [0.4, 0.5) is 0 Å². The topological polar surface area (TPSA) is 76.8 Å². The van der Waals surface area contributed by atoms with Gasteiger partial charge < -0.3 is 9.47 Å².